The maximum absolute atomic E-state index is 13.0. The highest BCUT2D eigenvalue weighted by Gasteiger charge is 2.15. The minimum absolute atomic E-state index is 0.109. The third-order valence-electron chi connectivity index (χ3n) is 3.64. The van der Waals surface area contributed by atoms with Crippen LogP contribution in [0.3, 0.4) is 0 Å². The van der Waals surface area contributed by atoms with Gasteiger partial charge in [-0.1, -0.05) is 26.0 Å². The largest absolute Gasteiger partial charge is 0.324 e. The number of halogens is 1. The number of rotatable bonds is 7. The molecule has 2 rings (SSSR count). The van der Waals surface area contributed by atoms with Gasteiger partial charge in [0.1, 0.15) is 5.82 Å². The Labute approximate surface area is 136 Å². The van der Waals surface area contributed by atoms with Crippen molar-refractivity contribution in [1.82, 2.24) is 10.3 Å². The van der Waals surface area contributed by atoms with Crippen LogP contribution in [-0.4, -0.2) is 23.5 Å². The van der Waals surface area contributed by atoms with Gasteiger partial charge in [-0.25, -0.2) is 4.39 Å². The molecule has 1 aromatic heterocycles. The topological polar surface area (TPSA) is 54.0 Å². The van der Waals surface area contributed by atoms with Crippen LogP contribution in [-0.2, 0) is 11.2 Å². The summed E-state index contributed by atoms with van der Waals surface area (Å²) in [7, 11) is 0. The summed E-state index contributed by atoms with van der Waals surface area (Å²) in [5, 5.41) is 6.07. The van der Waals surface area contributed by atoms with Gasteiger partial charge in [0, 0.05) is 12.2 Å². The van der Waals surface area contributed by atoms with Gasteiger partial charge in [0.15, 0.2) is 0 Å². The molecule has 0 saturated heterocycles. The van der Waals surface area contributed by atoms with Crippen molar-refractivity contribution in [1.29, 1.82) is 0 Å². The Morgan fingerprint density at radius 2 is 1.96 bits per heavy atom. The lowest BCUT2D eigenvalue weighted by Crippen LogP contribution is -2.40. The summed E-state index contributed by atoms with van der Waals surface area (Å²) >= 11 is 0. The molecule has 0 spiro atoms. The van der Waals surface area contributed by atoms with E-state index in [1.807, 2.05) is 0 Å². The summed E-state index contributed by atoms with van der Waals surface area (Å²) in [5.41, 5.74) is 1.73. The van der Waals surface area contributed by atoms with Crippen LogP contribution in [0.2, 0.25) is 0 Å². The summed E-state index contributed by atoms with van der Waals surface area (Å²) in [4.78, 5) is 15.9. The fourth-order valence-corrected chi connectivity index (χ4v) is 2.28. The zero-order chi connectivity index (χ0) is 16.7. The number of nitrogens with zero attached hydrogens (tertiary/aromatic N) is 1. The Kier molecular flexibility index (Phi) is 6.23. The minimum atomic E-state index is -0.237. The molecule has 1 amide bonds. The second-order valence-corrected chi connectivity index (χ2v) is 5.85. The third-order valence-corrected chi connectivity index (χ3v) is 3.64. The van der Waals surface area contributed by atoms with Gasteiger partial charge >= 0.3 is 0 Å². The fourth-order valence-electron chi connectivity index (χ4n) is 2.28. The standard InChI is InChI=1S/C18H22FN3O/c1-13(2)17(10-14-5-7-15(19)8-6-14)21-12-18(23)22-16-4-3-9-20-11-16/h3-9,11,13,17,21H,10,12H2,1-2H3,(H,22,23)/t17-/m1/s1. The molecule has 0 fully saturated rings. The van der Waals surface area contributed by atoms with Crippen LogP contribution >= 0.6 is 0 Å². The van der Waals surface area contributed by atoms with E-state index in [-0.39, 0.29) is 24.3 Å². The molecule has 0 aliphatic carbocycles. The first-order valence-electron chi connectivity index (χ1n) is 7.72. The van der Waals surface area contributed by atoms with E-state index in [0.717, 1.165) is 12.0 Å². The van der Waals surface area contributed by atoms with Gasteiger partial charge in [-0.15, -0.1) is 0 Å². The summed E-state index contributed by atoms with van der Waals surface area (Å²) in [6, 6.07) is 10.2. The lowest BCUT2D eigenvalue weighted by Gasteiger charge is -2.22. The molecule has 0 bridgehead atoms. The zero-order valence-corrected chi connectivity index (χ0v) is 13.4. The third kappa shape index (κ3) is 5.79. The normalized spacial score (nSPS) is 12.2. The number of carbonyl (C=O) groups excluding carboxylic acids is 1. The predicted octanol–water partition coefficient (Wildman–Crippen LogP) is 3.02. The Morgan fingerprint density at radius 3 is 2.57 bits per heavy atom. The van der Waals surface area contributed by atoms with Crippen molar-refractivity contribution in [2.24, 2.45) is 5.92 Å². The minimum Gasteiger partial charge on any atom is -0.324 e. The highest BCUT2D eigenvalue weighted by atomic mass is 19.1. The SMILES string of the molecule is CC(C)[C@@H](Cc1ccc(F)cc1)NCC(=O)Nc1cccnc1. The average Bonchev–Trinajstić information content (AvgIpc) is 2.54. The molecule has 0 unspecified atom stereocenters. The predicted molar refractivity (Wildman–Crippen MR) is 89.6 cm³/mol. The molecule has 122 valence electrons. The van der Waals surface area contributed by atoms with Crippen molar-refractivity contribution in [3.63, 3.8) is 0 Å². The number of benzene rings is 1. The lowest BCUT2D eigenvalue weighted by molar-refractivity contribution is -0.115. The number of aromatic nitrogens is 1. The Balaban J connectivity index is 1.87. The first kappa shape index (κ1) is 17.1. The number of amides is 1. The van der Waals surface area contributed by atoms with Crippen LogP contribution in [0.15, 0.2) is 48.8 Å². The van der Waals surface area contributed by atoms with E-state index in [1.54, 1.807) is 36.7 Å². The van der Waals surface area contributed by atoms with Gasteiger partial charge in [-0.05, 0) is 42.2 Å². The van der Waals surface area contributed by atoms with Crippen LogP contribution in [0.1, 0.15) is 19.4 Å². The molecule has 23 heavy (non-hydrogen) atoms. The van der Waals surface area contributed by atoms with E-state index in [2.05, 4.69) is 29.5 Å². The second kappa shape index (κ2) is 8.39. The van der Waals surface area contributed by atoms with Crippen molar-refractivity contribution in [2.45, 2.75) is 26.3 Å². The second-order valence-electron chi connectivity index (χ2n) is 5.85. The van der Waals surface area contributed by atoms with Crippen molar-refractivity contribution in [2.75, 3.05) is 11.9 Å². The molecule has 2 aromatic rings. The number of hydrogen-bond donors (Lipinski definition) is 2. The number of hydrogen-bond acceptors (Lipinski definition) is 3. The van der Waals surface area contributed by atoms with Crippen molar-refractivity contribution in [3.05, 3.63) is 60.2 Å². The monoisotopic (exact) mass is 315 g/mol. The van der Waals surface area contributed by atoms with Crippen molar-refractivity contribution >= 4 is 11.6 Å². The molecule has 0 radical (unpaired) electrons. The molecule has 1 atom stereocenters. The lowest BCUT2D eigenvalue weighted by atomic mass is 9.96. The highest BCUT2D eigenvalue weighted by molar-refractivity contribution is 5.92. The molecule has 1 aromatic carbocycles. The summed E-state index contributed by atoms with van der Waals surface area (Å²) in [6.45, 7) is 4.42. The van der Waals surface area contributed by atoms with Gasteiger partial charge < -0.3 is 10.6 Å². The summed E-state index contributed by atoms with van der Waals surface area (Å²) < 4.78 is 13.0. The molecule has 2 N–H and O–H groups in total. The maximum Gasteiger partial charge on any atom is 0.238 e. The Morgan fingerprint density at radius 1 is 1.22 bits per heavy atom. The van der Waals surface area contributed by atoms with E-state index >= 15 is 0 Å². The van der Waals surface area contributed by atoms with E-state index in [1.165, 1.54) is 12.1 Å². The number of anilines is 1. The number of nitrogens with one attached hydrogen (secondary N) is 2. The summed E-state index contributed by atoms with van der Waals surface area (Å²) in [5.74, 6) is 0.00709. The van der Waals surface area contributed by atoms with E-state index in [0.29, 0.717) is 11.6 Å². The van der Waals surface area contributed by atoms with E-state index in [9.17, 15) is 9.18 Å². The molecule has 5 heteroatoms. The van der Waals surface area contributed by atoms with Crippen LogP contribution in [0.25, 0.3) is 0 Å². The smallest absolute Gasteiger partial charge is 0.238 e. The Hall–Kier alpha value is -2.27. The summed E-state index contributed by atoms with van der Waals surface area (Å²) in [6.07, 6.45) is 4.01. The first-order chi connectivity index (χ1) is 11.0. The Bertz CT molecular complexity index is 614. The molecule has 1 heterocycles. The quantitative estimate of drug-likeness (QED) is 0.826. The van der Waals surface area contributed by atoms with Crippen LogP contribution in [0, 0.1) is 11.7 Å². The molecular formula is C18H22FN3O. The van der Waals surface area contributed by atoms with Crippen molar-refractivity contribution in [3.8, 4) is 0 Å². The number of pyridine rings is 1. The van der Waals surface area contributed by atoms with E-state index in [4.69, 9.17) is 0 Å². The molecule has 0 saturated carbocycles. The number of carbonyl (C=O) groups is 1. The first-order valence-corrected chi connectivity index (χ1v) is 7.72. The zero-order valence-electron chi connectivity index (χ0n) is 13.4. The van der Waals surface area contributed by atoms with E-state index < -0.39 is 0 Å². The maximum atomic E-state index is 13.0. The van der Waals surface area contributed by atoms with Gasteiger partial charge in [0.05, 0.1) is 18.4 Å². The van der Waals surface area contributed by atoms with Crippen LogP contribution in [0.4, 0.5) is 10.1 Å². The molecular weight excluding hydrogens is 293 g/mol. The average molecular weight is 315 g/mol. The molecule has 0 aliphatic heterocycles. The van der Waals surface area contributed by atoms with Gasteiger partial charge in [-0.3, -0.25) is 9.78 Å². The van der Waals surface area contributed by atoms with Crippen molar-refractivity contribution < 1.29 is 9.18 Å². The van der Waals surface area contributed by atoms with Crippen LogP contribution < -0.4 is 10.6 Å². The van der Waals surface area contributed by atoms with Gasteiger partial charge in [-0.2, -0.15) is 0 Å². The highest BCUT2D eigenvalue weighted by Crippen LogP contribution is 2.11. The molecule has 4 nitrogen and oxygen atoms in total. The van der Waals surface area contributed by atoms with Gasteiger partial charge in [0.25, 0.3) is 0 Å². The van der Waals surface area contributed by atoms with Gasteiger partial charge in [0.2, 0.25) is 5.91 Å². The fraction of sp³-hybridized carbons (Fsp3) is 0.333. The molecule has 0 aliphatic rings. The van der Waals surface area contributed by atoms with Crippen LogP contribution in [0.5, 0.6) is 0 Å².